The van der Waals surface area contributed by atoms with Crippen LogP contribution in [-0.4, -0.2) is 23.7 Å². The molecule has 0 aromatic heterocycles. The monoisotopic (exact) mass is 261 g/mol. The van der Waals surface area contributed by atoms with Gasteiger partial charge in [0, 0.05) is 18.0 Å². The first-order valence-corrected chi connectivity index (χ1v) is 6.22. The predicted molar refractivity (Wildman–Crippen MR) is 65.7 cm³/mol. The average Bonchev–Trinajstić information content (AvgIpc) is 2.29. The van der Waals surface area contributed by atoms with Crippen molar-refractivity contribution in [1.82, 2.24) is 0 Å². The van der Waals surface area contributed by atoms with Crippen LogP contribution in [0.4, 0.5) is 5.69 Å². The number of methoxy groups -OCH3 is 1. The molecule has 0 heterocycles. The number of thioether (sulfide) groups is 1. The van der Waals surface area contributed by atoms with Crippen molar-refractivity contribution in [2.45, 2.75) is 11.3 Å². The molecule has 16 heavy (non-hydrogen) atoms. The van der Waals surface area contributed by atoms with Gasteiger partial charge in [0.05, 0.1) is 16.9 Å². The van der Waals surface area contributed by atoms with Crippen molar-refractivity contribution in [3.63, 3.8) is 0 Å². The number of benzene rings is 1. The number of rotatable bonds is 6. The largest absolute Gasteiger partial charge is 0.497 e. The van der Waals surface area contributed by atoms with Crippen LogP contribution in [0.3, 0.4) is 0 Å². The van der Waals surface area contributed by atoms with E-state index in [9.17, 15) is 10.1 Å². The van der Waals surface area contributed by atoms with Crippen LogP contribution in [0.1, 0.15) is 6.42 Å². The molecule has 1 aromatic carbocycles. The van der Waals surface area contributed by atoms with Gasteiger partial charge in [0.25, 0.3) is 5.69 Å². The van der Waals surface area contributed by atoms with Gasteiger partial charge in [0.2, 0.25) is 0 Å². The van der Waals surface area contributed by atoms with Gasteiger partial charge < -0.3 is 4.74 Å². The van der Waals surface area contributed by atoms with Crippen molar-refractivity contribution < 1.29 is 9.66 Å². The zero-order valence-corrected chi connectivity index (χ0v) is 10.4. The van der Waals surface area contributed by atoms with Crippen LogP contribution in [0.5, 0.6) is 5.75 Å². The van der Waals surface area contributed by atoms with Crippen LogP contribution in [0.2, 0.25) is 0 Å². The van der Waals surface area contributed by atoms with E-state index >= 15 is 0 Å². The molecule has 0 atom stereocenters. The SMILES string of the molecule is COc1ccc([N+](=O)[O-])c(SCCCCl)c1. The van der Waals surface area contributed by atoms with E-state index in [0.29, 0.717) is 16.5 Å². The second-order valence-corrected chi connectivity index (χ2v) is 4.50. The number of hydrogen-bond acceptors (Lipinski definition) is 4. The second kappa shape index (κ2) is 6.60. The summed E-state index contributed by atoms with van der Waals surface area (Å²) in [6, 6.07) is 4.72. The lowest BCUT2D eigenvalue weighted by molar-refractivity contribution is -0.387. The molecule has 1 aromatic rings. The lowest BCUT2D eigenvalue weighted by atomic mass is 10.3. The first-order valence-electron chi connectivity index (χ1n) is 4.70. The quantitative estimate of drug-likeness (QED) is 0.259. The third kappa shape index (κ3) is 3.57. The molecular weight excluding hydrogens is 250 g/mol. The number of nitro groups is 1. The molecule has 6 heteroatoms. The maximum absolute atomic E-state index is 10.8. The molecule has 0 aliphatic rings. The number of alkyl halides is 1. The summed E-state index contributed by atoms with van der Waals surface area (Å²) in [5.74, 6) is 1.95. The Morgan fingerprint density at radius 2 is 2.31 bits per heavy atom. The number of nitro benzene ring substituents is 1. The highest BCUT2D eigenvalue weighted by atomic mass is 35.5. The minimum Gasteiger partial charge on any atom is -0.497 e. The predicted octanol–water partition coefficient (Wildman–Crippen LogP) is 3.32. The molecule has 0 radical (unpaired) electrons. The first-order chi connectivity index (χ1) is 7.69. The summed E-state index contributed by atoms with van der Waals surface area (Å²) in [6.07, 6.45) is 0.820. The number of ether oxygens (including phenoxy) is 1. The van der Waals surface area contributed by atoms with E-state index in [2.05, 4.69) is 0 Å². The summed E-state index contributed by atoms with van der Waals surface area (Å²) in [5, 5.41) is 10.8. The van der Waals surface area contributed by atoms with E-state index in [-0.39, 0.29) is 10.6 Å². The Hall–Kier alpha value is -0.940. The lowest BCUT2D eigenvalue weighted by Gasteiger charge is -2.04. The highest BCUT2D eigenvalue weighted by Gasteiger charge is 2.14. The lowest BCUT2D eigenvalue weighted by Crippen LogP contribution is -1.93. The Balaban J connectivity index is 2.87. The van der Waals surface area contributed by atoms with E-state index in [1.165, 1.54) is 24.9 Å². The fourth-order valence-electron chi connectivity index (χ4n) is 1.12. The van der Waals surface area contributed by atoms with Crippen LogP contribution in [0, 0.1) is 10.1 Å². The Kier molecular flexibility index (Phi) is 5.42. The summed E-state index contributed by atoms with van der Waals surface area (Å²) < 4.78 is 5.03. The molecule has 0 spiro atoms. The zero-order valence-electron chi connectivity index (χ0n) is 8.81. The summed E-state index contributed by atoms with van der Waals surface area (Å²) in [6.45, 7) is 0. The smallest absolute Gasteiger partial charge is 0.283 e. The summed E-state index contributed by atoms with van der Waals surface area (Å²) >= 11 is 6.98. The van der Waals surface area contributed by atoms with E-state index in [1.807, 2.05) is 0 Å². The molecule has 88 valence electrons. The molecule has 0 saturated carbocycles. The van der Waals surface area contributed by atoms with Crippen LogP contribution < -0.4 is 4.74 Å². The molecule has 1 rings (SSSR count). The maximum atomic E-state index is 10.8. The summed E-state index contributed by atoms with van der Waals surface area (Å²) in [7, 11) is 1.54. The standard InChI is InChI=1S/C10H12ClNO3S/c1-15-8-3-4-9(12(13)14)10(7-8)16-6-2-5-11/h3-4,7H,2,5-6H2,1H3. The first kappa shape index (κ1) is 13.1. The Labute approximate surface area is 103 Å². The average molecular weight is 262 g/mol. The molecule has 0 aliphatic carbocycles. The number of nitrogens with zero attached hydrogens (tertiary/aromatic N) is 1. The molecule has 0 bridgehead atoms. The normalized spacial score (nSPS) is 10.1. The number of hydrogen-bond donors (Lipinski definition) is 0. The minimum atomic E-state index is -0.386. The van der Waals surface area contributed by atoms with Crippen molar-refractivity contribution in [1.29, 1.82) is 0 Å². The van der Waals surface area contributed by atoms with Crippen LogP contribution >= 0.6 is 23.4 Å². The van der Waals surface area contributed by atoms with Gasteiger partial charge in [-0.1, -0.05) is 0 Å². The highest BCUT2D eigenvalue weighted by Crippen LogP contribution is 2.32. The van der Waals surface area contributed by atoms with Gasteiger partial charge in [-0.3, -0.25) is 10.1 Å². The van der Waals surface area contributed by atoms with E-state index in [4.69, 9.17) is 16.3 Å². The number of halogens is 1. The van der Waals surface area contributed by atoms with Gasteiger partial charge >= 0.3 is 0 Å². The van der Waals surface area contributed by atoms with Crippen LogP contribution in [0.15, 0.2) is 23.1 Å². The van der Waals surface area contributed by atoms with E-state index < -0.39 is 0 Å². The van der Waals surface area contributed by atoms with Crippen molar-refractivity contribution in [3.8, 4) is 5.75 Å². The molecule has 0 N–H and O–H groups in total. The van der Waals surface area contributed by atoms with Gasteiger partial charge in [0.15, 0.2) is 0 Å². The van der Waals surface area contributed by atoms with Crippen molar-refractivity contribution in [2.24, 2.45) is 0 Å². The fourth-order valence-corrected chi connectivity index (χ4v) is 2.42. The van der Waals surface area contributed by atoms with Crippen LogP contribution in [0.25, 0.3) is 0 Å². The van der Waals surface area contributed by atoms with Gasteiger partial charge in [0.1, 0.15) is 5.75 Å². The molecule has 0 amide bonds. The van der Waals surface area contributed by atoms with Gasteiger partial charge in [-0.05, 0) is 18.2 Å². The Bertz CT molecular complexity index is 373. The molecule has 4 nitrogen and oxygen atoms in total. The van der Waals surface area contributed by atoms with E-state index in [0.717, 1.165) is 12.2 Å². The molecule has 0 fully saturated rings. The fraction of sp³-hybridized carbons (Fsp3) is 0.400. The Morgan fingerprint density at radius 1 is 1.56 bits per heavy atom. The Morgan fingerprint density at radius 3 is 2.88 bits per heavy atom. The van der Waals surface area contributed by atoms with Crippen molar-refractivity contribution in [2.75, 3.05) is 18.7 Å². The van der Waals surface area contributed by atoms with Crippen LogP contribution in [-0.2, 0) is 0 Å². The highest BCUT2D eigenvalue weighted by molar-refractivity contribution is 7.99. The van der Waals surface area contributed by atoms with Gasteiger partial charge in [-0.15, -0.1) is 23.4 Å². The maximum Gasteiger partial charge on any atom is 0.283 e. The van der Waals surface area contributed by atoms with Crippen molar-refractivity contribution in [3.05, 3.63) is 28.3 Å². The molecule has 0 saturated heterocycles. The second-order valence-electron chi connectivity index (χ2n) is 2.98. The molecule has 0 aliphatic heterocycles. The summed E-state index contributed by atoms with van der Waals surface area (Å²) in [4.78, 5) is 11.0. The van der Waals surface area contributed by atoms with Gasteiger partial charge in [-0.2, -0.15) is 0 Å². The van der Waals surface area contributed by atoms with Gasteiger partial charge in [-0.25, -0.2) is 0 Å². The molecule has 0 unspecified atom stereocenters. The third-order valence-corrected chi connectivity index (χ3v) is 3.30. The minimum absolute atomic E-state index is 0.111. The molecular formula is C10H12ClNO3S. The summed E-state index contributed by atoms with van der Waals surface area (Å²) in [5.41, 5.74) is 0.111. The third-order valence-electron chi connectivity index (χ3n) is 1.90. The topological polar surface area (TPSA) is 52.4 Å². The zero-order chi connectivity index (χ0) is 12.0. The van der Waals surface area contributed by atoms with Crippen molar-refractivity contribution >= 4 is 29.1 Å². The van der Waals surface area contributed by atoms with E-state index in [1.54, 1.807) is 12.1 Å².